The Bertz CT molecular complexity index is 273. The Kier molecular flexibility index (Phi) is 4.37. The molecule has 1 rings (SSSR count). The number of ether oxygens (including phenoxy) is 1. The molecule has 0 aromatic rings. The maximum atomic E-state index is 12.1. The average molecular weight is 254 g/mol. The summed E-state index contributed by atoms with van der Waals surface area (Å²) >= 11 is 0. The zero-order chi connectivity index (χ0) is 13.1. The summed E-state index contributed by atoms with van der Waals surface area (Å²) in [5.41, 5.74) is 3.96. The van der Waals surface area contributed by atoms with Gasteiger partial charge in [-0.3, -0.25) is 10.1 Å². The van der Waals surface area contributed by atoms with E-state index in [0.29, 0.717) is 12.8 Å². The van der Waals surface area contributed by atoms with Crippen LogP contribution in [0.15, 0.2) is 0 Å². The number of carbonyl (C=O) groups excluding carboxylic acids is 1. The number of hydrogen-bond donors (Lipinski definition) is 2. The minimum Gasteiger partial charge on any atom is -0.381 e. The van der Waals surface area contributed by atoms with Crippen LogP contribution in [0.25, 0.3) is 0 Å². The SMILES string of the molecule is COC1CCC(NCC(F)(F)F)(C(N)=O)CC1. The summed E-state index contributed by atoms with van der Waals surface area (Å²) in [5.74, 6) is -0.726. The maximum absolute atomic E-state index is 12.1. The number of methoxy groups -OCH3 is 1. The number of alkyl halides is 3. The molecule has 100 valence electrons. The minimum absolute atomic E-state index is 0.00448. The molecule has 0 saturated heterocycles. The number of carbonyl (C=O) groups is 1. The zero-order valence-corrected chi connectivity index (χ0v) is 9.64. The van der Waals surface area contributed by atoms with Gasteiger partial charge in [0.05, 0.1) is 18.2 Å². The van der Waals surface area contributed by atoms with Crippen molar-refractivity contribution in [3.05, 3.63) is 0 Å². The fraction of sp³-hybridized carbons (Fsp3) is 0.900. The number of amides is 1. The number of nitrogens with two attached hydrogens (primary N) is 1. The van der Waals surface area contributed by atoms with Crippen LogP contribution in [0, 0.1) is 0 Å². The summed E-state index contributed by atoms with van der Waals surface area (Å²) < 4.78 is 41.6. The summed E-state index contributed by atoms with van der Waals surface area (Å²) in [6.07, 6.45) is -2.74. The van der Waals surface area contributed by atoms with Crippen LogP contribution in [-0.2, 0) is 9.53 Å². The monoisotopic (exact) mass is 254 g/mol. The lowest BCUT2D eigenvalue weighted by atomic mass is 9.79. The molecule has 0 heterocycles. The van der Waals surface area contributed by atoms with Crippen LogP contribution >= 0.6 is 0 Å². The molecule has 0 bridgehead atoms. The van der Waals surface area contributed by atoms with Crippen molar-refractivity contribution in [2.24, 2.45) is 5.73 Å². The molecule has 17 heavy (non-hydrogen) atoms. The van der Waals surface area contributed by atoms with E-state index in [1.54, 1.807) is 7.11 Å². The van der Waals surface area contributed by atoms with Crippen molar-refractivity contribution >= 4 is 5.91 Å². The van der Waals surface area contributed by atoms with Gasteiger partial charge in [-0.15, -0.1) is 0 Å². The molecule has 4 nitrogen and oxygen atoms in total. The molecule has 0 aromatic carbocycles. The number of hydrogen-bond acceptors (Lipinski definition) is 3. The van der Waals surface area contributed by atoms with Crippen LogP contribution in [0.5, 0.6) is 0 Å². The van der Waals surface area contributed by atoms with E-state index in [-0.39, 0.29) is 18.9 Å². The minimum atomic E-state index is -4.35. The van der Waals surface area contributed by atoms with Crippen molar-refractivity contribution in [2.75, 3.05) is 13.7 Å². The van der Waals surface area contributed by atoms with Crippen molar-refractivity contribution in [1.29, 1.82) is 0 Å². The normalized spacial score (nSPS) is 30.2. The maximum Gasteiger partial charge on any atom is 0.401 e. The Labute approximate surface area is 97.7 Å². The van der Waals surface area contributed by atoms with Gasteiger partial charge in [-0.2, -0.15) is 13.2 Å². The highest BCUT2D eigenvalue weighted by atomic mass is 19.4. The van der Waals surface area contributed by atoms with Gasteiger partial charge in [-0.25, -0.2) is 0 Å². The molecule has 0 unspecified atom stereocenters. The van der Waals surface area contributed by atoms with Crippen LogP contribution in [0.1, 0.15) is 25.7 Å². The van der Waals surface area contributed by atoms with Crippen molar-refractivity contribution in [3.8, 4) is 0 Å². The third-order valence-corrected chi connectivity index (χ3v) is 3.22. The predicted molar refractivity (Wildman–Crippen MR) is 55.2 cm³/mol. The fourth-order valence-corrected chi connectivity index (χ4v) is 2.10. The van der Waals surface area contributed by atoms with Gasteiger partial charge in [0, 0.05) is 7.11 Å². The average Bonchev–Trinajstić information content (AvgIpc) is 2.26. The molecule has 0 atom stereocenters. The molecule has 1 aliphatic carbocycles. The highest BCUT2D eigenvalue weighted by Crippen LogP contribution is 2.30. The second kappa shape index (κ2) is 5.22. The fourth-order valence-electron chi connectivity index (χ4n) is 2.10. The van der Waals surface area contributed by atoms with Gasteiger partial charge in [0.25, 0.3) is 0 Å². The van der Waals surface area contributed by atoms with Gasteiger partial charge in [0.2, 0.25) is 5.91 Å². The molecule has 0 spiro atoms. The number of nitrogens with one attached hydrogen (secondary N) is 1. The van der Waals surface area contributed by atoms with Crippen LogP contribution in [0.2, 0.25) is 0 Å². The molecule has 0 radical (unpaired) electrons. The summed E-state index contributed by atoms with van der Waals surface area (Å²) in [7, 11) is 1.55. The molecule has 1 aliphatic rings. The molecule has 3 N–H and O–H groups in total. The molecular weight excluding hydrogens is 237 g/mol. The van der Waals surface area contributed by atoms with E-state index >= 15 is 0 Å². The van der Waals surface area contributed by atoms with E-state index in [0.717, 1.165) is 0 Å². The number of rotatable bonds is 4. The first-order chi connectivity index (χ1) is 7.79. The summed E-state index contributed by atoms with van der Waals surface area (Å²) in [5, 5.41) is 2.26. The van der Waals surface area contributed by atoms with E-state index in [4.69, 9.17) is 10.5 Å². The standard InChI is InChI=1S/C10H17F3N2O2/c1-17-7-2-4-9(5-3-7,8(14)16)15-6-10(11,12)13/h7,15H,2-6H2,1H3,(H2,14,16). The van der Waals surface area contributed by atoms with Gasteiger partial charge in [-0.05, 0) is 25.7 Å². The second-order valence-electron chi connectivity index (χ2n) is 4.35. The first-order valence-corrected chi connectivity index (χ1v) is 5.43. The third kappa shape index (κ3) is 3.85. The molecule has 1 amide bonds. The van der Waals surface area contributed by atoms with Gasteiger partial charge in [-0.1, -0.05) is 0 Å². The smallest absolute Gasteiger partial charge is 0.381 e. The van der Waals surface area contributed by atoms with Crippen LogP contribution in [-0.4, -0.2) is 37.4 Å². The summed E-state index contributed by atoms with van der Waals surface area (Å²) in [4.78, 5) is 11.3. The van der Waals surface area contributed by atoms with E-state index < -0.39 is 24.2 Å². The Morgan fingerprint density at radius 3 is 2.35 bits per heavy atom. The first kappa shape index (κ1) is 14.2. The first-order valence-electron chi connectivity index (χ1n) is 5.43. The summed E-state index contributed by atoms with van der Waals surface area (Å²) in [6, 6.07) is 0. The largest absolute Gasteiger partial charge is 0.401 e. The third-order valence-electron chi connectivity index (χ3n) is 3.22. The van der Waals surface area contributed by atoms with Gasteiger partial charge < -0.3 is 10.5 Å². The number of halogens is 3. The number of primary amides is 1. The lowest BCUT2D eigenvalue weighted by Gasteiger charge is -2.38. The molecule has 1 fully saturated rings. The van der Waals surface area contributed by atoms with Crippen LogP contribution < -0.4 is 11.1 Å². The molecular formula is C10H17F3N2O2. The summed E-state index contributed by atoms with van der Waals surface area (Å²) in [6.45, 7) is -1.20. The molecule has 0 aromatic heterocycles. The lowest BCUT2D eigenvalue weighted by Crippen LogP contribution is -2.59. The van der Waals surface area contributed by atoms with Crippen molar-refractivity contribution < 1.29 is 22.7 Å². The Hall–Kier alpha value is -0.820. The highest BCUT2D eigenvalue weighted by Gasteiger charge is 2.42. The predicted octanol–water partition coefficient (Wildman–Crippen LogP) is 0.951. The van der Waals surface area contributed by atoms with Crippen LogP contribution in [0.4, 0.5) is 13.2 Å². The Balaban J connectivity index is 2.62. The highest BCUT2D eigenvalue weighted by molar-refractivity contribution is 5.84. The van der Waals surface area contributed by atoms with Gasteiger partial charge >= 0.3 is 6.18 Å². The van der Waals surface area contributed by atoms with E-state index in [9.17, 15) is 18.0 Å². The van der Waals surface area contributed by atoms with E-state index in [2.05, 4.69) is 5.32 Å². The second-order valence-corrected chi connectivity index (χ2v) is 4.35. The van der Waals surface area contributed by atoms with Gasteiger partial charge in [0.15, 0.2) is 0 Å². The van der Waals surface area contributed by atoms with E-state index in [1.807, 2.05) is 0 Å². The molecule has 1 saturated carbocycles. The van der Waals surface area contributed by atoms with Crippen molar-refractivity contribution in [2.45, 2.75) is 43.5 Å². The Morgan fingerprint density at radius 1 is 1.47 bits per heavy atom. The van der Waals surface area contributed by atoms with Crippen LogP contribution in [0.3, 0.4) is 0 Å². The van der Waals surface area contributed by atoms with E-state index in [1.165, 1.54) is 0 Å². The van der Waals surface area contributed by atoms with Crippen molar-refractivity contribution in [1.82, 2.24) is 5.32 Å². The molecule has 0 aliphatic heterocycles. The van der Waals surface area contributed by atoms with Crippen molar-refractivity contribution in [3.63, 3.8) is 0 Å². The quantitative estimate of drug-likeness (QED) is 0.785. The lowest BCUT2D eigenvalue weighted by molar-refractivity contribution is -0.139. The Morgan fingerprint density at radius 2 is 2.00 bits per heavy atom. The van der Waals surface area contributed by atoms with Gasteiger partial charge in [0.1, 0.15) is 0 Å². The molecule has 7 heteroatoms. The zero-order valence-electron chi connectivity index (χ0n) is 9.64. The topological polar surface area (TPSA) is 64.3 Å².